The van der Waals surface area contributed by atoms with Gasteiger partial charge in [-0.25, -0.2) is 0 Å². The van der Waals surface area contributed by atoms with E-state index in [1.807, 2.05) is 0 Å². The molecule has 2 heteroatoms. The van der Waals surface area contributed by atoms with Gasteiger partial charge in [0.15, 0.2) is 0 Å². The summed E-state index contributed by atoms with van der Waals surface area (Å²) >= 11 is 0. The molecule has 0 bridgehead atoms. The first-order chi connectivity index (χ1) is 9.81. The average Bonchev–Trinajstić information content (AvgIpc) is 2.82. The van der Waals surface area contributed by atoms with Gasteiger partial charge in [-0.2, -0.15) is 0 Å². The monoisotopic (exact) mass is 270 g/mol. The second-order valence-corrected chi connectivity index (χ2v) is 7.02. The SMILES string of the molecule is CC1CCCCN1C1CN(C2Cc3ccccc3C2)C1. The van der Waals surface area contributed by atoms with Crippen molar-refractivity contribution < 1.29 is 0 Å². The molecule has 108 valence electrons. The first-order valence-corrected chi connectivity index (χ1v) is 8.38. The summed E-state index contributed by atoms with van der Waals surface area (Å²) in [4.78, 5) is 5.51. The van der Waals surface area contributed by atoms with Crippen molar-refractivity contribution in [2.75, 3.05) is 19.6 Å². The van der Waals surface area contributed by atoms with Crippen LogP contribution in [0.2, 0.25) is 0 Å². The number of hydrogen-bond acceptors (Lipinski definition) is 2. The topological polar surface area (TPSA) is 6.48 Å². The molecule has 2 heterocycles. The molecule has 0 radical (unpaired) electrons. The van der Waals surface area contributed by atoms with Crippen molar-refractivity contribution in [3.8, 4) is 0 Å². The summed E-state index contributed by atoms with van der Waals surface area (Å²) in [6, 6.07) is 11.5. The Hall–Kier alpha value is -0.860. The van der Waals surface area contributed by atoms with Crippen LogP contribution < -0.4 is 0 Å². The third-order valence-corrected chi connectivity index (χ3v) is 5.76. The fourth-order valence-electron chi connectivity index (χ4n) is 4.45. The fourth-order valence-corrected chi connectivity index (χ4v) is 4.45. The molecule has 0 N–H and O–H groups in total. The van der Waals surface area contributed by atoms with Gasteiger partial charge in [-0.3, -0.25) is 9.80 Å². The molecule has 1 aromatic rings. The molecular weight excluding hydrogens is 244 g/mol. The molecule has 2 fully saturated rings. The Balaban J connectivity index is 1.34. The molecule has 2 nitrogen and oxygen atoms in total. The van der Waals surface area contributed by atoms with Gasteiger partial charge in [-0.05, 0) is 50.3 Å². The lowest BCUT2D eigenvalue weighted by molar-refractivity contribution is -0.0218. The van der Waals surface area contributed by atoms with Crippen LogP contribution in [-0.4, -0.2) is 47.6 Å². The van der Waals surface area contributed by atoms with Gasteiger partial charge in [0.05, 0.1) is 0 Å². The van der Waals surface area contributed by atoms with E-state index in [2.05, 4.69) is 41.0 Å². The van der Waals surface area contributed by atoms with Gasteiger partial charge < -0.3 is 0 Å². The predicted molar refractivity (Wildman–Crippen MR) is 83.0 cm³/mol. The normalized spacial score (nSPS) is 29.4. The summed E-state index contributed by atoms with van der Waals surface area (Å²) in [6.07, 6.45) is 6.81. The molecule has 1 aliphatic carbocycles. The van der Waals surface area contributed by atoms with Crippen molar-refractivity contribution in [2.45, 2.75) is 57.2 Å². The number of likely N-dealkylation sites (tertiary alicyclic amines) is 2. The van der Waals surface area contributed by atoms with E-state index >= 15 is 0 Å². The molecule has 2 saturated heterocycles. The third kappa shape index (κ3) is 2.19. The van der Waals surface area contributed by atoms with Gasteiger partial charge in [0.25, 0.3) is 0 Å². The van der Waals surface area contributed by atoms with Crippen LogP contribution in [0.4, 0.5) is 0 Å². The Bertz CT molecular complexity index is 453. The lowest BCUT2D eigenvalue weighted by Gasteiger charge is -2.51. The van der Waals surface area contributed by atoms with Crippen LogP contribution in [-0.2, 0) is 12.8 Å². The van der Waals surface area contributed by atoms with E-state index in [0.717, 1.165) is 18.1 Å². The summed E-state index contributed by atoms with van der Waals surface area (Å²) < 4.78 is 0. The Morgan fingerprint density at radius 2 is 1.65 bits per heavy atom. The van der Waals surface area contributed by atoms with E-state index < -0.39 is 0 Å². The Morgan fingerprint density at radius 3 is 2.30 bits per heavy atom. The van der Waals surface area contributed by atoms with Crippen LogP contribution in [0.15, 0.2) is 24.3 Å². The summed E-state index contributed by atoms with van der Waals surface area (Å²) in [7, 11) is 0. The van der Waals surface area contributed by atoms with E-state index in [9.17, 15) is 0 Å². The smallest absolute Gasteiger partial charge is 0.0353 e. The Kier molecular flexibility index (Phi) is 3.31. The maximum atomic E-state index is 2.78. The highest BCUT2D eigenvalue weighted by Gasteiger charge is 2.39. The van der Waals surface area contributed by atoms with Crippen LogP contribution in [0, 0.1) is 0 Å². The molecule has 0 spiro atoms. The Labute approximate surface area is 122 Å². The first-order valence-electron chi connectivity index (χ1n) is 8.38. The molecule has 1 unspecified atom stereocenters. The lowest BCUT2D eigenvalue weighted by atomic mass is 9.95. The lowest BCUT2D eigenvalue weighted by Crippen LogP contribution is -2.64. The number of nitrogens with zero attached hydrogens (tertiary/aromatic N) is 2. The largest absolute Gasteiger partial charge is 0.297 e. The second-order valence-electron chi connectivity index (χ2n) is 7.02. The molecular formula is C18H26N2. The second kappa shape index (κ2) is 5.16. The standard InChI is InChI=1S/C18H26N2/c1-14-6-4-5-9-20(14)18-12-19(13-18)17-10-15-7-2-3-8-16(15)11-17/h2-3,7-8,14,17-18H,4-6,9-13H2,1H3. The first kappa shape index (κ1) is 12.8. The van der Waals surface area contributed by atoms with Crippen molar-refractivity contribution in [1.29, 1.82) is 0 Å². The summed E-state index contributed by atoms with van der Waals surface area (Å²) in [5.74, 6) is 0. The van der Waals surface area contributed by atoms with Crippen LogP contribution in [0.1, 0.15) is 37.3 Å². The molecule has 2 aliphatic heterocycles. The molecule has 1 aromatic carbocycles. The van der Waals surface area contributed by atoms with Crippen molar-refractivity contribution in [2.24, 2.45) is 0 Å². The predicted octanol–water partition coefficient (Wildman–Crippen LogP) is 2.71. The third-order valence-electron chi connectivity index (χ3n) is 5.76. The maximum absolute atomic E-state index is 2.78. The van der Waals surface area contributed by atoms with E-state index in [1.165, 1.54) is 51.7 Å². The highest BCUT2D eigenvalue weighted by atomic mass is 15.3. The number of hydrogen-bond donors (Lipinski definition) is 0. The molecule has 0 saturated carbocycles. The molecule has 1 atom stereocenters. The zero-order valence-electron chi connectivity index (χ0n) is 12.6. The van der Waals surface area contributed by atoms with E-state index in [0.29, 0.717) is 0 Å². The maximum Gasteiger partial charge on any atom is 0.0353 e. The van der Waals surface area contributed by atoms with Gasteiger partial charge in [0.1, 0.15) is 0 Å². The van der Waals surface area contributed by atoms with Gasteiger partial charge in [-0.1, -0.05) is 30.7 Å². The van der Waals surface area contributed by atoms with Crippen molar-refractivity contribution >= 4 is 0 Å². The van der Waals surface area contributed by atoms with Crippen LogP contribution in [0.25, 0.3) is 0 Å². The molecule has 3 aliphatic rings. The summed E-state index contributed by atoms with van der Waals surface area (Å²) in [5, 5.41) is 0. The minimum Gasteiger partial charge on any atom is -0.297 e. The van der Waals surface area contributed by atoms with Gasteiger partial charge in [0, 0.05) is 31.2 Å². The zero-order valence-corrected chi connectivity index (χ0v) is 12.6. The zero-order chi connectivity index (χ0) is 13.5. The van der Waals surface area contributed by atoms with Crippen molar-refractivity contribution in [1.82, 2.24) is 9.80 Å². The number of benzene rings is 1. The summed E-state index contributed by atoms with van der Waals surface area (Å²) in [5.41, 5.74) is 3.18. The minimum absolute atomic E-state index is 0.781. The Morgan fingerprint density at radius 1 is 0.950 bits per heavy atom. The van der Waals surface area contributed by atoms with Crippen LogP contribution in [0.5, 0.6) is 0 Å². The van der Waals surface area contributed by atoms with E-state index in [4.69, 9.17) is 0 Å². The van der Waals surface area contributed by atoms with E-state index in [1.54, 1.807) is 11.1 Å². The van der Waals surface area contributed by atoms with E-state index in [-0.39, 0.29) is 0 Å². The molecule has 0 aromatic heterocycles. The highest BCUT2D eigenvalue weighted by Crippen LogP contribution is 2.31. The molecule has 4 rings (SSSR count). The average molecular weight is 270 g/mol. The molecule has 0 amide bonds. The van der Waals surface area contributed by atoms with Crippen molar-refractivity contribution in [3.05, 3.63) is 35.4 Å². The quantitative estimate of drug-likeness (QED) is 0.815. The highest BCUT2D eigenvalue weighted by molar-refractivity contribution is 5.33. The fraction of sp³-hybridized carbons (Fsp3) is 0.667. The number of piperidine rings is 1. The minimum atomic E-state index is 0.781. The van der Waals surface area contributed by atoms with Crippen LogP contribution in [0.3, 0.4) is 0 Å². The van der Waals surface area contributed by atoms with Gasteiger partial charge >= 0.3 is 0 Å². The molecule has 20 heavy (non-hydrogen) atoms. The summed E-state index contributed by atoms with van der Waals surface area (Å²) in [6.45, 7) is 6.38. The number of rotatable bonds is 2. The van der Waals surface area contributed by atoms with Gasteiger partial charge in [-0.15, -0.1) is 0 Å². The van der Waals surface area contributed by atoms with Crippen molar-refractivity contribution in [3.63, 3.8) is 0 Å². The van der Waals surface area contributed by atoms with Crippen LogP contribution >= 0.6 is 0 Å². The van der Waals surface area contributed by atoms with Gasteiger partial charge in [0.2, 0.25) is 0 Å². The number of fused-ring (bicyclic) bond motifs is 1.